The van der Waals surface area contributed by atoms with Crippen molar-refractivity contribution in [3.05, 3.63) is 30.2 Å². The quantitative estimate of drug-likeness (QED) is 0.926. The Labute approximate surface area is 138 Å². The molecule has 0 spiro atoms. The Kier molecular flexibility index (Phi) is 4.56. The first-order valence-electron chi connectivity index (χ1n) is 9.14. The molecule has 1 aromatic rings. The molecule has 0 aromatic carbocycles. The summed E-state index contributed by atoms with van der Waals surface area (Å²) in [6.45, 7) is 5.68. The summed E-state index contributed by atoms with van der Waals surface area (Å²) in [5.41, 5.74) is 0. The Morgan fingerprint density at radius 2 is 1.96 bits per heavy atom. The van der Waals surface area contributed by atoms with Crippen molar-refractivity contribution in [2.45, 2.75) is 37.8 Å². The Hall–Kier alpha value is -1.10. The third-order valence-corrected chi connectivity index (χ3v) is 5.98. The molecule has 0 unspecified atom stereocenters. The van der Waals surface area contributed by atoms with Crippen LogP contribution in [0.2, 0.25) is 0 Å². The van der Waals surface area contributed by atoms with Gasteiger partial charge in [-0.15, -0.1) is 0 Å². The van der Waals surface area contributed by atoms with E-state index in [1.165, 1.54) is 38.9 Å². The van der Waals surface area contributed by atoms with Gasteiger partial charge in [0.05, 0.1) is 12.4 Å². The van der Waals surface area contributed by atoms with Crippen LogP contribution < -0.4 is 0 Å². The Bertz CT molecular complexity index is 521. The van der Waals surface area contributed by atoms with Crippen LogP contribution in [0, 0.1) is 11.8 Å². The van der Waals surface area contributed by atoms with Crippen LogP contribution in [0.1, 0.15) is 31.4 Å². The van der Waals surface area contributed by atoms with Crippen LogP contribution in [0.3, 0.4) is 0 Å². The van der Waals surface area contributed by atoms with Crippen molar-refractivity contribution in [2.75, 3.05) is 32.7 Å². The van der Waals surface area contributed by atoms with Crippen LogP contribution in [0.15, 0.2) is 28.9 Å². The molecule has 0 amide bonds. The van der Waals surface area contributed by atoms with E-state index in [9.17, 15) is 5.11 Å². The van der Waals surface area contributed by atoms with Crippen molar-refractivity contribution < 1.29 is 9.52 Å². The Balaban J connectivity index is 1.32. The van der Waals surface area contributed by atoms with E-state index in [1.807, 2.05) is 12.1 Å². The minimum absolute atomic E-state index is 0.118. The van der Waals surface area contributed by atoms with Crippen molar-refractivity contribution in [3.63, 3.8) is 0 Å². The zero-order valence-electron chi connectivity index (χ0n) is 13.8. The van der Waals surface area contributed by atoms with Gasteiger partial charge in [-0.25, -0.2) is 0 Å². The average Bonchev–Trinajstić information content (AvgIpc) is 3.27. The molecule has 23 heavy (non-hydrogen) atoms. The largest absolute Gasteiger partial charge is 0.465 e. The molecule has 0 bridgehead atoms. The zero-order valence-corrected chi connectivity index (χ0v) is 13.8. The van der Waals surface area contributed by atoms with E-state index in [4.69, 9.17) is 4.42 Å². The highest BCUT2D eigenvalue weighted by atomic mass is 16.3. The SMILES string of the molecule is O[C@@H]1C[C@H]2CN(C/C=C/c3ccco3)C[C@H]2C[C@H]1N1CCCC1. The Morgan fingerprint density at radius 1 is 1.17 bits per heavy atom. The number of aliphatic hydroxyl groups is 1. The molecule has 4 nitrogen and oxygen atoms in total. The van der Waals surface area contributed by atoms with E-state index in [0.717, 1.165) is 31.2 Å². The predicted molar refractivity (Wildman–Crippen MR) is 91.0 cm³/mol. The molecule has 3 heterocycles. The Morgan fingerprint density at radius 3 is 2.70 bits per heavy atom. The van der Waals surface area contributed by atoms with E-state index >= 15 is 0 Å². The van der Waals surface area contributed by atoms with Gasteiger partial charge in [-0.2, -0.15) is 0 Å². The summed E-state index contributed by atoms with van der Waals surface area (Å²) < 4.78 is 5.33. The number of hydrogen-bond donors (Lipinski definition) is 1. The van der Waals surface area contributed by atoms with Gasteiger partial charge in [0, 0.05) is 25.7 Å². The molecule has 3 aliphatic rings. The highest BCUT2D eigenvalue weighted by molar-refractivity contribution is 5.42. The molecular weight excluding hydrogens is 288 g/mol. The number of fused-ring (bicyclic) bond motifs is 1. The second-order valence-corrected chi connectivity index (χ2v) is 7.51. The smallest absolute Gasteiger partial charge is 0.126 e. The molecule has 2 aliphatic heterocycles. The summed E-state index contributed by atoms with van der Waals surface area (Å²) in [7, 11) is 0. The van der Waals surface area contributed by atoms with E-state index in [-0.39, 0.29) is 6.10 Å². The maximum Gasteiger partial charge on any atom is 0.126 e. The first-order valence-corrected chi connectivity index (χ1v) is 9.14. The fraction of sp³-hybridized carbons (Fsp3) is 0.684. The number of aliphatic hydroxyl groups excluding tert-OH is 1. The minimum atomic E-state index is -0.118. The number of likely N-dealkylation sites (tertiary alicyclic amines) is 2. The molecule has 1 aliphatic carbocycles. The number of rotatable bonds is 4. The van der Waals surface area contributed by atoms with Crippen molar-refractivity contribution in [2.24, 2.45) is 11.8 Å². The average molecular weight is 316 g/mol. The molecule has 3 fully saturated rings. The van der Waals surface area contributed by atoms with Crippen molar-refractivity contribution in [3.8, 4) is 0 Å². The molecule has 1 saturated carbocycles. The van der Waals surface area contributed by atoms with Crippen LogP contribution in [0.4, 0.5) is 0 Å². The second kappa shape index (κ2) is 6.80. The first-order chi connectivity index (χ1) is 11.3. The van der Waals surface area contributed by atoms with Gasteiger partial charge < -0.3 is 9.52 Å². The van der Waals surface area contributed by atoms with Gasteiger partial charge in [-0.3, -0.25) is 9.80 Å². The van der Waals surface area contributed by atoms with Gasteiger partial charge in [0.15, 0.2) is 0 Å². The monoisotopic (exact) mass is 316 g/mol. The number of furan rings is 1. The zero-order chi connectivity index (χ0) is 15.6. The lowest BCUT2D eigenvalue weighted by Crippen LogP contribution is -2.48. The summed E-state index contributed by atoms with van der Waals surface area (Å²) in [5, 5.41) is 10.6. The molecular formula is C19H28N2O2. The van der Waals surface area contributed by atoms with E-state index in [2.05, 4.69) is 22.0 Å². The van der Waals surface area contributed by atoms with Crippen LogP contribution in [-0.2, 0) is 0 Å². The molecule has 4 heteroatoms. The highest BCUT2D eigenvalue weighted by Crippen LogP contribution is 2.38. The van der Waals surface area contributed by atoms with Gasteiger partial charge in [0.1, 0.15) is 5.76 Å². The molecule has 2 saturated heterocycles. The lowest BCUT2D eigenvalue weighted by Gasteiger charge is -2.40. The number of nitrogens with zero attached hydrogens (tertiary/aromatic N) is 2. The lowest BCUT2D eigenvalue weighted by molar-refractivity contribution is -0.000860. The minimum Gasteiger partial charge on any atom is -0.465 e. The topological polar surface area (TPSA) is 39.9 Å². The highest BCUT2D eigenvalue weighted by Gasteiger charge is 2.43. The third-order valence-electron chi connectivity index (χ3n) is 5.98. The van der Waals surface area contributed by atoms with Gasteiger partial charge in [-0.05, 0) is 68.8 Å². The molecule has 126 valence electrons. The van der Waals surface area contributed by atoms with E-state index in [1.54, 1.807) is 6.26 Å². The van der Waals surface area contributed by atoms with Gasteiger partial charge >= 0.3 is 0 Å². The van der Waals surface area contributed by atoms with Crippen LogP contribution in [-0.4, -0.2) is 59.8 Å². The van der Waals surface area contributed by atoms with Crippen LogP contribution in [0.5, 0.6) is 0 Å². The molecule has 4 atom stereocenters. The fourth-order valence-corrected chi connectivity index (χ4v) is 4.82. The van der Waals surface area contributed by atoms with Crippen LogP contribution in [0.25, 0.3) is 6.08 Å². The fourth-order valence-electron chi connectivity index (χ4n) is 4.82. The maximum absolute atomic E-state index is 10.6. The number of hydrogen-bond acceptors (Lipinski definition) is 4. The normalized spacial score (nSPS) is 36.0. The summed E-state index contributed by atoms with van der Waals surface area (Å²) in [6, 6.07) is 4.32. The molecule has 0 radical (unpaired) electrons. The summed E-state index contributed by atoms with van der Waals surface area (Å²) in [4.78, 5) is 5.08. The van der Waals surface area contributed by atoms with Crippen molar-refractivity contribution in [1.29, 1.82) is 0 Å². The second-order valence-electron chi connectivity index (χ2n) is 7.51. The standard InChI is InChI=1S/C19H28N2O2/c22-19-12-16-14-20(7-3-5-17-6-4-10-23-17)13-15(16)11-18(19)21-8-1-2-9-21/h3-6,10,15-16,18-19,22H,1-2,7-9,11-14H2/b5-3+/t15-,16+,18-,19-/m1/s1. The molecule has 1 N–H and O–H groups in total. The third kappa shape index (κ3) is 3.39. The first kappa shape index (κ1) is 15.4. The lowest BCUT2D eigenvalue weighted by atomic mass is 9.77. The summed E-state index contributed by atoms with van der Waals surface area (Å²) in [5.74, 6) is 2.37. The van der Waals surface area contributed by atoms with Gasteiger partial charge in [0.2, 0.25) is 0 Å². The van der Waals surface area contributed by atoms with Gasteiger partial charge in [0.25, 0.3) is 0 Å². The van der Waals surface area contributed by atoms with Crippen molar-refractivity contribution in [1.82, 2.24) is 9.80 Å². The summed E-state index contributed by atoms with van der Waals surface area (Å²) in [6.07, 6.45) is 10.6. The van der Waals surface area contributed by atoms with Crippen molar-refractivity contribution >= 4 is 6.08 Å². The van der Waals surface area contributed by atoms with Gasteiger partial charge in [-0.1, -0.05) is 6.08 Å². The maximum atomic E-state index is 10.6. The van der Waals surface area contributed by atoms with E-state index in [0.29, 0.717) is 12.0 Å². The van der Waals surface area contributed by atoms with Crippen LogP contribution >= 0.6 is 0 Å². The summed E-state index contributed by atoms with van der Waals surface area (Å²) >= 11 is 0. The molecule has 4 rings (SSSR count). The van der Waals surface area contributed by atoms with E-state index < -0.39 is 0 Å². The molecule has 1 aromatic heterocycles. The predicted octanol–water partition coefficient (Wildman–Crippen LogP) is 2.46.